The highest BCUT2D eigenvalue weighted by Crippen LogP contribution is 2.35. The summed E-state index contributed by atoms with van der Waals surface area (Å²) in [4.78, 5) is 6.27. The van der Waals surface area contributed by atoms with Gasteiger partial charge in [0.05, 0.1) is 18.1 Å². The van der Waals surface area contributed by atoms with Crippen LogP contribution in [-0.4, -0.2) is 35.0 Å². The first-order chi connectivity index (χ1) is 9.93. The molecular formula is C12H21N5O3S. The van der Waals surface area contributed by atoms with Crippen LogP contribution in [0.4, 0.5) is 0 Å². The Kier molecular flexibility index (Phi) is 4.52. The molecule has 0 aliphatic heterocycles. The Bertz CT molecular complexity index is 588. The lowest BCUT2D eigenvalue weighted by atomic mass is 9.75. The van der Waals surface area contributed by atoms with Gasteiger partial charge in [0.2, 0.25) is 0 Å². The Balaban J connectivity index is 2.27. The van der Waals surface area contributed by atoms with Gasteiger partial charge in [0.1, 0.15) is 0 Å². The van der Waals surface area contributed by atoms with E-state index in [9.17, 15) is 8.42 Å². The number of imidazole rings is 1. The van der Waals surface area contributed by atoms with E-state index in [-0.39, 0.29) is 10.9 Å². The highest BCUT2D eigenvalue weighted by atomic mass is 32.2. The van der Waals surface area contributed by atoms with Crippen molar-refractivity contribution >= 4 is 15.9 Å². The largest absolute Gasteiger partial charge is 0.409 e. The average molecular weight is 315 g/mol. The summed E-state index contributed by atoms with van der Waals surface area (Å²) in [5.74, 6) is 0.446. The summed E-state index contributed by atoms with van der Waals surface area (Å²) in [6, 6.07) is 0. The van der Waals surface area contributed by atoms with Crippen molar-refractivity contribution in [3.63, 3.8) is 0 Å². The lowest BCUT2D eigenvalue weighted by Crippen LogP contribution is -2.59. The molecule has 0 amide bonds. The molecule has 0 spiro atoms. The van der Waals surface area contributed by atoms with Gasteiger partial charge in [-0.05, 0) is 31.6 Å². The molecule has 1 saturated carbocycles. The Labute approximate surface area is 123 Å². The van der Waals surface area contributed by atoms with Crippen molar-refractivity contribution in [2.45, 2.75) is 49.6 Å². The summed E-state index contributed by atoms with van der Waals surface area (Å²) in [5, 5.41) is 12.0. The van der Waals surface area contributed by atoms with E-state index >= 15 is 0 Å². The summed E-state index contributed by atoms with van der Waals surface area (Å²) in [5.41, 5.74) is 4.74. The van der Waals surface area contributed by atoms with E-state index in [1.165, 1.54) is 12.5 Å². The van der Waals surface area contributed by atoms with E-state index < -0.39 is 15.6 Å². The van der Waals surface area contributed by atoms with Gasteiger partial charge >= 0.3 is 0 Å². The van der Waals surface area contributed by atoms with Gasteiger partial charge in [0, 0.05) is 0 Å². The van der Waals surface area contributed by atoms with Crippen LogP contribution < -0.4 is 10.5 Å². The molecule has 1 aromatic heterocycles. The summed E-state index contributed by atoms with van der Waals surface area (Å²) in [7, 11) is -3.79. The van der Waals surface area contributed by atoms with Crippen LogP contribution in [0.2, 0.25) is 0 Å². The fourth-order valence-corrected chi connectivity index (χ4v) is 4.13. The van der Waals surface area contributed by atoms with Crippen LogP contribution in [0.3, 0.4) is 0 Å². The summed E-state index contributed by atoms with van der Waals surface area (Å²) in [6.45, 7) is 2.11. The van der Waals surface area contributed by atoms with Gasteiger partial charge in [-0.25, -0.2) is 13.4 Å². The molecule has 1 aliphatic rings. The smallest absolute Gasteiger partial charge is 0.258 e. The minimum absolute atomic E-state index is 0.0368. The zero-order valence-corrected chi connectivity index (χ0v) is 12.7. The third-order valence-corrected chi connectivity index (χ3v) is 5.69. The van der Waals surface area contributed by atoms with Gasteiger partial charge in [-0.2, -0.15) is 4.72 Å². The van der Waals surface area contributed by atoms with E-state index in [1.54, 1.807) is 0 Å². The molecule has 0 saturated heterocycles. The molecule has 0 radical (unpaired) electrons. The number of aromatic nitrogens is 2. The van der Waals surface area contributed by atoms with Gasteiger partial charge in [0.25, 0.3) is 10.0 Å². The van der Waals surface area contributed by atoms with Crippen LogP contribution in [0.1, 0.15) is 39.0 Å². The van der Waals surface area contributed by atoms with Gasteiger partial charge in [-0.3, -0.25) is 0 Å². The lowest BCUT2D eigenvalue weighted by Gasteiger charge is -2.39. The fourth-order valence-electron chi connectivity index (χ4n) is 2.79. The number of hydrogen-bond donors (Lipinski definition) is 4. The first kappa shape index (κ1) is 15.8. The second-order valence-electron chi connectivity index (χ2n) is 5.44. The third kappa shape index (κ3) is 3.18. The van der Waals surface area contributed by atoms with E-state index in [0.717, 1.165) is 19.3 Å². The van der Waals surface area contributed by atoms with Crippen molar-refractivity contribution < 1.29 is 13.6 Å². The Morgan fingerprint density at radius 1 is 1.62 bits per heavy atom. The number of hydrogen-bond acceptors (Lipinski definition) is 5. The van der Waals surface area contributed by atoms with Crippen LogP contribution in [0, 0.1) is 5.92 Å². The number of nitrogens with two attached hydrogens (primary N) is 1. The number of nitrogens with zero attached hydrogens (tertiary/aromatic N) is 2. The lowest BCUT2D eigenvalue weighted by molar-refractivity contribution is 0.253. The van der Waals surface area contributed by atoms with Crippen molar-refractivity contribution in [2.24, 2.45) is 16.8 Å². The molecule has 1 aliphatic carbocycles. The fraction of sp³-hybridized carbons (Fsp3) is 0.667. The molecule has 0 bridgehead atoms. The summed E-state index contributed by atoms with van der Waals surface area (Å²) < 4.78 is 27.3. The van der Waals surface area contributed by atoms with Gasteiger partial charge in [-0.15, -0.1) is 0 Å². The maximum atomic E-state index is 12.4. The topological polar surface area (TPSA) is 133 Å². The normalized spacial score (nSPS) is 27.7. The SMILES string of the molecule is CCC1CCC(NS(=O)(=O)c2cnc[nH]2)(C(N)=NO)CC1. The van der Waals surface area contributed by atoms with Crippen LogP contribution in [0.15, 0.2) is 22.7 Å². The highest BCUT2D eigenvalue weighted by molar-refractivity contribution is 7.89. The monoisotopic (exact) mass is 315 g/mol. The molecule has 0 atom stereocenters. The first-order valence-corrected chi connectivity index (χ1v) is 8.42. The number of amidine groups is 1. The minimum atomic E-state index is -3.79. The zero-order valence-electron chi connectivity index (χ0n) is 11.9. The van der Waals surface area contributed by atoms with E-state index in [4.69, 9.17) is 10.9 Å². The Morgan fingerprint density at radius 2 is 2.29 bits per heavy atom. The second-order valence-corrected chi connectivity index (χ2v) is 7.09. The van der Waals surface area contributed by atoms with E-state index in [0.29, 0.717) is 18.8 Å². The summed E-state index contributed by atoms with van der Waals surface area (Å²) in [6.07, 6.45) is 6.23. The molecule has 1 heterocycles. The minimum Gasteiger partial charge on any atom is -0.409 e. The summed E-state index contributed by atoms with van der Waals surface area (Å²) >= 11 is 0. The van der Waals surface area contributed by atoms with Crippen molar-refractivity contribution in [1.29, 1.82) is 0 Å². The van der Waals surface area contributed by atoms with Crippen molar-refractivity contribution in [3.8, 4) is 0 Å². The third-order valence-electron chi connectivity index (χ3n) is 4.23. The molecular weight excluding hydrogens is 294 g/mol. The van der Waals surface area contributed by atoms with Crippen LogP contribution in [0.5, 0.6) is 0 Å². The standard InChI is InChI=1S/C12H21N5O3S/c1-2-9-3-5-12(6-4-9,11(13)16-18)17-21(19,20)10-7-14-8-15-10/h7-9,17-18H,2-6H2,1H3,(H2,13,16)(H,14,15). The average Bonchev–Trinajstić information content (AvgIpc) is 3.02. The van der Waals surface area contributed by atoms with Gasteiger partial charge in [0.15, 0.2) is 10.9 Å². The molecule has 1 aromatic rings. The maximum Gasteiger partial charge on any atom is 0.258 e. The molecule has 9 heteroatoms. The predicted molar refractivity (Wildman–Crippen MR) is 77.3 cm³/mol. The van der Waals surface area contributed by atoms with Crippen LogP contribution >= 0.6 is 0 Å². The molecule has 1 fully saturated rings. The van der Waals surface area contributed by atoms with Crippen molar-refractivity contribution in [2.75, 3.05) is 0 Å². The number of rotatable bonds is 5. The predicted octanol–water partition coefficient (Wildman–Crippen LogP) is 0.773. The van der Waals surface area contributed by atoms with Crippen molar-refractivity contribution in [3.05, 3.63) is 12.5 Å². The van der Waals surface area contributed by atoms with E-state index in [1.807, 2.05) is 0 Å². The number of sulfonamides is 1. The Hall–Kier alpha value is -1.61. The molecule has 5 N–H and O–H groups in total. The number of nitrogens with one attached hydrogen (secondary N) is 2. The first-order valence-electron chi connectivity index (χ1n) is 6.94. The maximum absolute atomic E-state index is 12.4. The number of H-pyrrole nitrogens is 1. The van der Waals surface area contributed by atoms with Gasteiger partial charge in [-0.1, -0.05) is 18.5 Å². The zero-order chi connectivity index (χ0) is 15.5. The van der Waals surface area contributed by atoms with Crippen LogP contribution in [-0.2, 0) is 10.0 Å². The quantitative estimate of drug-likeness (QED) is 0.276. The molecule has 0 unspecified atom stereocenters. The van der Waals surface area contributed by atoms with Gasteiger partial charge < -0.3 is 15.9 Å². The number of oxime groups is 1. The molecule has 0 aromatic carbocycles. The molecule has 21 heavy (non-hydrogen) atoms. The molecule has 118 valence electrons. The molecule has 2 rings (SSSR count). The highest BCUT2D eigenvalue weighted by Gasteiger charge is 2.42. The van der Waals surface area contributed by atoms with Crippen molar-refractivity contribution in [1.82, 2.24) is 14.7 Å². The molecule has 8 nitrogen and oxygen atoms in total. The number of aromatic amines is 1. The van der Waals surface area contributed by atoms with E-state index in [2.05, 4.69) is 26.8 Å². The Morgan fingerprint density at radius 3 is 2.76 bits per heavy atom. The van der Waals surface area contributed by atoms with Crippen LogP contribution in [0.25, 0.3) is 0 Å². The second kappa shape index (κ2) is 6.02.